The first-order valence-corrected chi connectivity index (χ1v) is 11.1. The van der Waals surface area contributed by atoms with Gasteiger partial charge in [0, 0.05) is 22.1 Å². The highest BCUT2D eigenvalue weighted by Crippen LogP contribution is 2.48. The Morgan fingerprint density at radius 2 is 1.67 bits per heavy atom. The fraction of sp³-hybridized carbons (Fsp3) is 0.172. The second-order valence-corrected chi connectivity index (χ2v) is 8.97. The standard InChI is InChI=1S/C29H26N2O2/c1-29(2)23-13-6-7-14-25(23)32-26-18-21(15-16-24(26)29)20-11-8-12-22(17-20)28(31)33-27(30)19-9-4-3-5-10-19/h3-9,11-19,30-31H,10H2,1-2H3. The minimum Gasteiger partial charge on any atom is -0.457 e. The molecule has 3 aromatic carbocycles. The van der Waals surface area contributed by atoms with Crippen LogP contribution in [0.1, 0.15) is 37.0 Å². The molecular formula is C29H26N2O2. The average Bonchev–Trinajstić information content (AvgIpc) is 2.84. The van der Waals surface area contributed by atoms with E-state index in [4.69, 9.17) is 20.3 Å². The summed E-state index contributed by atoms with van der Waals surface area (Å²) in [7, 11) is 0. The van der Waals surface area contributed by atoms with Crippen molar-refractivity contribution in [2.45, 2.75) is 25.7 Å². The number of hydrogen-bond donors (Lipinski definition) is 2. The summed E-state index contributed by atoms with van der Waals surface area (Å²) in [6.45, 7) is 4.44. The Bertz CT molecular complexity index is 1320. The van der Waals surface area contributed by atoms with E-state index in [0.717, 1.165) is 34.6 Å². The van der Waals surface area contributed by atoms with Crippen LogP contribution < -0.4 is 4.74 Å². The maximum absolute atomic E-state index is 8.39. The maximum atomic E-state index is 8.39. The summed E-state index contributed by atoms with van der Waals surface area (Å²) in [6.07, 6.45) is 8.52. The Morgan fingerprint density at radius 1 is 0.879 bits per heavy atom. The zero-order chi connectivity index (χ0) is 23.0. The third-order valence-electron chi connectivity index (χ3n) is 6.42. The van der Waals surface area contributed by atoms with E-state index < -0.39 is 0 Å². The number of nitrogens with one attached hydrogen (secondary N) is 2. The molecule has 33 heavy (non-hydrogen) atoms. The van der Waals surface area contributed by atoms with E-state index in [1.807, 2.05) is 66.8 Å². The Kier molecular flexibility index (Phi) is 5.21. The van der Waals surface area contributed by atoms with Gasteiger partial charge in [-0.15, -0.1) is 0 Å². The number of hydrogen-bond acceptors (Lipinski definition) is 4. The van der Waals surface area contributed by atoms with Crippen molar-refractivity contribution < 1.29 is 9.47 Å². The molecule has 4 nitrogen and oxygen atoms in total. The molecule has 1 aliphatic carbocycles. The molecule has 0 bridgehead atoms. The molecule has 0 saturated heterocycles. The third kappa shape index (κ3) is 3.89. The number of benzene rings is 3. The predicted molar refractivity (Wildman–Crippen MR) is 133 cm³/mol. The van der Waals surface area contributed by atoms with Crippen LogP contribution in [-0.4, -0.2) is 11.8 Å². The van der Waals surface area contributed by atoms with Gasteiger partial charge in [-0.25, -0.2) is 0 Å². The predicted octanol–water partition coefficient (Wildman–Crippen LogP) is 7.24. The summed E-state index contributed by atoms with van der Waals surface area (Å²) in [4.78, 5) is 0. The Hall–Kier alpha value is -3.92. The van der Waals surface area contributed by atoms with E-state index >= 15 is 0 Å². The van der Waals surface area contributed by atoms with Gasteiger partial charge in [-0.1, -0.05) is 80.6 Å². The van der Waals surface area contributed by atoms with E-state index in [0.29, 0.717) is 5.56 Å². The van der Waals surface area contributed by atoms with E-state index in [1.165, 1.54) is 5.56 Å². The molecule has 5 rings (SSSR count). The first kappa shape index (κ1) is 21.0. The first-order chi connectivity index (χ1) is 15.9. The zero-order valence-electron chi connectivity index (χ0n) is 18.8. The molecule has 1 heterocycles. The normalized spacial score (nSPS) is 17.5. The smallest absolute Gasteiger partial charge is 0.220 e. The van der Waals surface area contributed by atoms with Crippen LogP contribution in [0.4, 0.5) is 0 Å². The molecule has 4 heteroatoms. The topological polar surface area (TPSA) is 66.2 Å². The molecule has 0 saturated carbocycles. The maximum Gasteiger partial charge on any atom is 0.220 e. The van der Waals surface area contributed by atoms with Gasteiger partial charge in [0.2, 0.25) is 5.90 Å². The lowest BCUT2D eigenvalue weighted by atomic mass is 9.75. The Morgan fingerprint density at radius 3 is 2.48 bits per heavy atom. The molecule has 1 aliphatic heterocycles. The fourth-order valence-electron chi connectivity index (χ4n) is 4.50. The summed E-state index contributed by atoms with van der Waals surface area (Å²) in [5.74, 6) is 1.69. The lowest BCUT2D eigenvalue weighted by molar-refractivity contribution is 0.418. The van der Waals surface area contributed by atoms with Crippen LogP contribution in [0.2, 0.25) is 0 Å². The molecule has 2 N–H and O–H groups in total. The van der Waals surface area contributed by atoms with Crippen molar-refractivity contribution in [1.82, 2.24) is 0 Å². The second-order valence-electron chi connectivity index (χ2n) is 8.97. The number of allylic oxidation sites excluding steroid dienone is 3. The van der Waals surface area contributed by atoms with Crippen molar-refractivity contribution in [3.63, 3.8) is 0 Å². The van der Waals surface area contributed by atoms with Crippen molar-refractivity contribution in [2.75, 3.05) is 0 Å². The van der Waals surface area contributed by atoms with Crippen molar-refractivity contribution in [3.8, 4) is 22.6 Å². The summed E-state index contributed by atoms with van der Waals surface area (Å²) >= 11 is 0. The van der Waals surface area contributed by atoms with Gasteiger partial charge in [0.1, 0.15) is 11.5 Å². The molecule has 0 radical (unpaired) electrons. The van der Waals surface area contributed by atoms with Crippen LogP contribution in [0.25, 0.3) is 11.1 Å². The zero-order valence-corrected chi connectivity index (χ0v) is 18.8. The van der Waals surface area contributed by atoms with Crippen LogP contribution in [0.3, 0.4) is 0 Å². The highest BCUT2D eigenvalue weighted by molar-refractivity contribution is 6.00. The minimum atomic E-state index is -0.149. The van der Waals surface area contributed by atoms with Crippen LogP contribution in [0.15, 0.2) is 91.0 Å². The van der Waals surface area contributed by atoms with Crippen molar-refractivity contribution >= 4 is 11.8 Å². The third-order valence-corrected chi connectivity index (χ3v) is 6.42. The van der Waals surface area contributed by atoms with E-state index in [2.05, 4.69) is 38.1 Å². The van der Waals surface area contributed by atoms with Crippen molar-refractivity contribution in [3.05, 3.63) is 108 Å². The molecule has 3 aromatic rings. The summed E-state index contributed by atoms with van der Waals surface area (Å²) in [5.41, 5.74) is 4.80. The molecule has 0 spiro atoms. The van der Waals surface area contributed by atoms with Crippen LogP contribution in [0.5, 0.6) is 11.5 Å². The lowest BCUT2D eigenvalue weighted by Gasteiger charge is -2.34. The van der Waals surface area contributed by atoms with E-state index in [-0.39, 0.29) is 23.1 Å². The van der Waals surface area contributed by atoms with Gasteiger partial charge in [0.05, 0.1) is 5.92 Å². The van der Waals surface area contributed by atoms with Gasteiger partial charge in [-0.2, -0.15) is 0 Å². The first-order valence-electron chi connectivity index (χ1n) is 11.1. The molecule has 0 amide bonds. The SMILES string of the molecule is CC1(C)c2ccccc2Oc2cc(-c3cccc(C(=N)OC(=N)C4C=CC=CC4)c3)ccc21. The quantitative estimate of drug-likeness (QED) is 0.337. The van der Waals surface area contributed by atoms with Crippen molar-refractivity contribution in [1.29, 1.82) is 10.8 Å². The number of ether oxygens (including phenoxy) is 2. The van der Waals surface area contributed by atoms with Crippen LogP contribution >= 0.6 is 0 Å². The molecular weight excluding hydrogens is 408 g/mol. The molecule has 0 aromatic heterocycles. The van der Waals surface area contributed by atoms with Gasteiger partial charge >= 0.3 is 0 Å². The van der Waals surface area contributed by atoms with Gasteiger partial charge in [0.15, 0.2) is 5.90 Å². The number of rotatable bonds is 3. The highest BCUT2D eigenvalue weighted by Gasteiger charge is 2.34. The number of fused-ring (bicyclic) bond motifs is 2. The molecule has 1 unspecified atom stereocenters. The van der Waals surface area contributed by atoms with Gasteiger partial charge < -0.3 is 9.47 Å². The van der Waals surface area contributed by atoms with Crippen molar-refractivity contribution in [2.24, 2.45) is 5.92 Å². The summed E-state index contributed by atoms with van der Waals surface area (Å²) in [5, 5.41) is 16.6. The monoisotopic (exact) mass is 434 g/mol. The number of para-hydroxylation sites is 1. The molecule has 164 valence electrons. The highest BCUT2D eigenvalue weighted by atomic mass is 16.5. The molecule has 1 atom stereocenters. The molecule has 2 aliphatic rings. The van der Waals surface area contributed by atoms with Gasteiger partial charge in [-0.05, 0) is 41.8 Å². The summed E-state index contributed by atoms with van der Waals surface area (Å²) < 4.78 is 11.8. The van der Waals surface area contributed by atoms with Gasteiger partial charge in [-0.3, -0.25) is 10.8 Å². The van der Waals surface area contributed by atoms with E-state index in [1.54, 1.807) is 0 Å². The average molecular weight is 435 g/mol. The Labute approximate surface area is 194 Å². The second kappa shape index (κ2) is 8.21. The minimum absolute atomic E-state index is 0.0194. The Balaban J connectivity index is 1.41. The largest absolute Gasteiger partial charge is 0.457 e. The van der Waals surface area contributed by atoms with Gasteiger partial charge in [0.25, 0.3) is 0 Å². The lowest BCUT2D eigenvalue weighted by Crippen LogP contribution is -2.24. The van der Waals surface area contributed by atoms with Crippen LogP contribution in [-0.2, 0) is 10.2 Å². The summed E-state index contributed by atoms with van der Waals surface area (Å²) in [6, 6.07) is 22.2. The van der Waals surface area contributed by atoms with Crippen LogP contribution in [0, 0.1) is 16.7 Å². The fourth-order valence-corrected chi connectivity index (χ4v) is 4.50. The van der Waals surface area contributed by atoms with E-state index in [9.17, 15) is 0 Å². The molecule has 0 fully saturated rings.